The summed E-state index contributed by atoms with van der Waals surface area (Å²) in [5.41, 5.74) is 1.18. The van der Waals surface area contributed by atoms with Crippen LogP contribution in [0, 0.1) is 18.3 Å². The van der Waals surface area contributed by atoms with Gasteiger partial charge < -0.3 is 15.0 Å². The Balaban J connectivity index is 2.39. The summed E-state index contributed by atoms with van der Waals surface area (Å²) in [6.45, 7) is 3.76. The SMILES string of the molecule is CCOC(=O)c1cc(C#N)c(Nc2ccc(C)cc2)[nH]c1=O. The molecule has 6 nitrogen and oxygen atoms in total. The molecule has 112 valence electrons. The Morgan fingerprint density at radius 3 is 2.64 bits per heavy atom. The highest BCUT2D eigenvalue weighted by Gasteiger charge is 2.15. The number of anilines is 2. The Morgan fingerprint density at radius 1 is 1.36 bits per heavy atom. The largest absolute Gasteiger partial charge is 0.462 e. The summed E-state index contributed by atoms with van der Waals surface area (Å²) in [6, 6.07) is 10.6. The van der Waals surface area contributed by atoms with Gasteiger partial charge in [0.25, 0.3) is 5.56 Å². The van der Waals surface area contributed by atoms with E-state index in [0.29, 0.717) is 0 Å². The van der Waals surface area contributed by atoms with E-state index in [9.17, 15) is 14.9 Å². The van der Waals surface area contributed by atoms with Crippen molar-refractivity contribution in [2.75, 3.05) is 11.9 Å². The molecule has 0 saturated heterocycles. The number of esters is 1. The molecule has 0 fully saturated rings. The van der Waals surface area contributed by atoms with Gasteiger partial charge in [-0.05, 0) is 32.0 Å². The van der Waals surface area contributed by atoms with Crippen LogP contribution in [0.4, 0.5) is 11.5 Å². The number of carbonyl (C=O) groups excluding carboxylic acids is 1. The van der Waals surface area contributed by atoms with Crippen LogP contribution in [-0.2, 0) is 4.74 Å². The first kappa shape index (κ1) is 15.3. The van der Waals surface area contributed by atoms with Crippen LogP contribution in [0.1, 0.15) is 28.4 Å². The molecule has 2 aromatic rings. The maximum Gasteiger partial charge on any atom is 0.343 e. The summed E-state index contributed by atoms with van der Waals surface area (Å²) < 4.78 is 4.79. The first-order valence-corrected chi connectivity index (χ1v) is 6.73. The molecular weight excluding hydrogens is 282 g/mol. The van der Waals surface area contributed by atoms with Crippen molar-refractivity contribution in [3.8, 4) is 6.07 Å². The Morgan fingerprint density at radius 2 is 2.05 bits per heavy atom. The van der Waals surface area contributed by atoms with Gasteiger partial charge in [-0.15, -0.1) is 0 Å². The topological polar surface area (TPSA) is 95.0 Å². The predicted octanol–water partition coefficient (Wildman–Crippen LogP) is 2.48. The van der Waals surface area contributed by atoms with Crippen molar-refractivity contribution in [1.82, 2.24) is 4.98 Å². The molecule has 0 saturated carbocycles. The molecule has 0 aliphatic rings. The molecule has 22 heavy (non-hydrogen) atoms. The molecule has 0 atom stereocenters. The smallest absolute Gasteiger partial charge is 0.343 e. The minimum Gasteiger partial charge on any atom is -0.462 e. The van der Waals surface area contributed by atoms with Gasteiger partial charge in [0.1, 0.15) is 17.5 Å². The third kappa shape index (κ3) is 3.33. The van der Waals surface area contributed by atoms with Crippen LogP contribution >= 0.6 is 0 Å². The monoisotopic (exact) mass is 297 g/mol. The summed E-state index contributed by atoms with van der Waals surface area (Å²) in [5.74, 6) is -0.508. The lowest BCUT2D eigenvalue weighted by Gasteiger charge is -2.09. The van der Waals surface area contributed by atoms with E-state index in [4.69, 9.17) is 4.74 Å². The van der Waals surface area contributed by atoms with Crippen LogP contribution in [0.5, 0.6) is 0 Å². The first-order chi connectivity index (χ1) is 10.5. The summed E-state index contributed by atoms with van der Waals surface area (Å²) in [7, 11) is 0. The minimum atomic E-state index is -0.748. The van der Waals surface area contributed by atoms with E-state index in [1.807, 2.05) is 37.3 Å². The number of nitrogens with zero attached hydrogens (tertiary/aromatic N) is 1. The van der Waals surface area contributed by atoms with E-state index in [1.54, 1.807) is 6.92 Å². The van der Waals surface area contributed by atoms with E-state index in [2.05, 4.69) is 10.3 Å². The van der Waals surface area contributed by atoms with E-state index >= 15 is 0 Å². The van der Waals surface area contributed by atoms with Gasteiger partial charge in [-0.1, -0.05) is 17.7 Å². The van der Waals surface area contributed by atoms with Crippen LogP contribution in [0.2, 0.25) is 0 Å². The van der Waals surface area contributed by atoms with E-state index in [1.165, 1.54) is 6.07 Å². The molecule has 6 heteroatoms. The highest BCUT2D eigenvalue weighted by atomic mass is 16.5. The second-order valence-electron chi connectivity index (χ2n) is 4.62. The van der Waals surface area contributed by atoms with Gasteiger partial charge in [-0.25, -0.2) is 4.79 Å². The van der Waals surface area contributed by atoms with Gasteiger partial charge in [0, 0.05) is 5.69 Å². The van der Waals surface area contributed by atoms with Crippen LogP contribution in [-0.4, -0.2) is 17.6 Å². The van der Waals surface area contributed by atoms with Crippen LogP contribution in [0.25, 0.3) is 0 Å². The fraction of sp³-hybridized carbons (Fsp3) is 0.188. The fourth-order valence-corrected chi connectivity index (χ4v) is 1.86. The number of aromatic amines is 1. The fourth-order valence-electron chi connectivity index (χ4n) is 1.86. The Labute approximate surface area is 127 Å². The zero-order valence-electron chi connectivity index (χ0n) is 12.3. The molecule has 0 spiro atoms. The highest BCUT2D eigenvalue weighted by Crippen LogP contribution is 2.18. The Hall–Kier alpha value is -3.07. The number of ether oxygens (including phenoxy) is 1. The third-order valence-corrected chi connectivity index (χ3v) is 2.98. The maximum absolute atomic E-state index is 12.0. The number of hydrogen-bond acceptors (Lipinski definition) is 5. The second-order valence-corrected chi connectivity index (χ2v) is 4.62. The molecule has 2 rings (SSSR count). The molecule has 0 radical (unpaired) electrons. The maximum atomic E-state index is 12.0. The average molecular weight is 297 g/mol. The number of aryl methyl sites for hydroxylation is 1. The zero-order chi connectivity index (χ0) is 16.1. The average Bonchev–Trinajstić information content (AvgIpc) is 2.50. The number of rotatable bonds is 4. The van der Waals surface area contributed by atoms with E-state index in [-0.39, 0.29) is 23.6 Å². The molecular formula is C16H15N3O3. The Bertz CT molecular complexity index is 786. The zero-order valence-corrected chi connectivity index (χ0v) is 12.3. The number of carbonyl (C=O) groups is 1. The summed E-state index contributed by atoms with van der Waals surface area (Å²) in [4.78, 5) is 26.1. The second kappa shape index (κ2) is 6.59. The molecule has 0 amide bonds. The van der Waals surface area contributed by atoms with Crippen LogP contribution in [0.15, 0.2) is 35.1 Å². The number of benzene rings is 1. The van der Waals surface area contributed by atoms with Crippen molar-refractivity contribution >= 4 is 17.5 Å². The van der Waals surface area contributed by atoms with Crippen LogP contribution < -0.4 is 10.9 Å². The number of aromatic nitrogens is 1. The summed E-state index contributed by atoms with van der Waals surface area (Å²) in [6.07, 6.45) is 0. The molecule has 1 heterocycles. The molecule has 0 aliphatic heterocycles. The summed E-state index contributed by atoms with van der Waals surface area (Å²) >= 11 is 0. The predicted molar refractivity (Wildman–Crippen MR) is 82.2 cm³/mol. The van der Waals surface area contributed by atoms with Gasteiger partial charge in [0.05, 0.1) is 12.2 Å². The lowest BCUT2D eigenvalue weighted by Crippen LogP contribution is -2.21. The van der Waals surface area contributed by atoms with E-state index in [0.717, 1.165) is 11.3 Å². The van der Waals surface area contributed by atoms with Gasteiger partial charge in [0.2, 0.25) is 0 Å². The van der Waals surface area contributed by atoms with Crippen molar-refractivity contribution in [3.63, 3.8) is 0 Å². The van der Waals surface area contributed by atoms with E-state index < -0.39 is 11.5 Å². The molecule has 1 aromatic heterocycles. The standard InChI is InChI=1S/C16H15N3O3/c1-3-22-16(21)13-8-11(9-17)14(19-15(13)20)18-12-6-4-10(2)5-7-12/h4-8H,3H2,1-2H3,(H2,18,19,20). The van der Waals surface area contributed by atoms with Crippen molar-refractivity contribution in [2.24, 2.45) is 0 Å². The third-order valence-electron chi connectivity index (χ3n) is 2.98. The number of H-pyrrole nitrogens is 1. The van der Waals surface area contributed by atoms with Gasteiger partial charge >= 0.3 is 5.97 Å². The van der Waals surface area contributed by atoms with Crippen LogP contribution in [0.3, 0.4) is 0 Å². The molecule has 0 bridgehead atoms. The van der Waals surface area contributed by atoms with Crippen molar-refractivity contribution < 1.29 is 9.53 Å². The van der Waals surface area contributed by atoms with Gasteiger partial charge in [0.15, 0.2) is 0 Å². The molecule has 1 aromatic carbocycles. The molecule has 0 aliphatic carbocycles. The first-order valence-electron chi connectivity index (χ1n) is 6.73. The quantitative estimate of drug-likeness (QED) is 0.845. The lowest BCUT2D eigenvalue weighted by molar-refractivity contribution is 0.0524. The van der Waals surface area contributed by atoms with Gasteiger partial charge in [-0.3, -0.25) is 4.79 Å². The normalized spacial score (nSPS) is 9.86. The number of pyridine rings is 1. The van der Waals surface area contributed by atoms with Crippen molar-refractivity contribution in [3.05, 3.63) is 57.4 Å². The van der Waals surface area contributed by atoms with Gasteiger partial charge in [-0.2, -0.15) is 5.26 Å². The number of nitrogens with one attached hydrogen (secondary N) is 2. The molecule has 2 N–H and O–H groups in total. The van der Waals surface area contributed by atoms with Crippen molar-refractivity contribution in [1.29, 1.82) is 5.26 Å². The molecule has 0 unspecified atom stereocenters. The number of hydrogen-bond donors (Lipinski definition) is 2. The summed E-state index contributed by atoms with van der Waals surface area (Å²) in [5, 5.41) is 12.2. The van der Waals surface area contributed by atoms with Crippen molar-refractivity contribution in [2.45, 2.75) is 13.8 Å². The Kier molecular flexibility index (Phi) is 4.59. The minimum absolute atomic E-state index is 0.156. The highest BCUT2D eigenvalue weighted by molar-refractivity contribution is 5.90. The lowest BCUT2D eigenvalue weighted by atomic mass is 10.2. The number of nitriles is 1.